The summed E-state index contributed by atoms with van der Waals surface area (Å²) in [5.74, 6) is 5.07. The molecule has 1 unspecified atom stereocenters. The van der Waals surface area contributed by atoms with Crippen LogP contribution in [-0.4, -0.2) is 33.4 Å². The smallest absolute Gasteiger partial charge is 0.226 e. The minimum atomic E-state index is 0.0474. The zero-order valence-electron chi connectivity index (χ0n) is 23.0. The molecule has 1 atom stereocenters. The Balaban J connectivity index is 0.978. The van der Waals surface area contributed by atoms with E-state index in [0.29, 0.717) is 18.8 Å². The van der Waals surface area contributed by atoms with Gasteiger partial charge >= 0.3 is 0 Å². The summed E-state index contributed by atoms with van der Waals surface area (Å²) in [6, 6.07) is 0.0474. The Morgan fingerprint density at radius 3 is 2.67 bits per heavy atom. The minimum Gasteiger partial charge on any atom is -0.465 e. The largest absolute Gasteiger partial charge is 0.465 e. The minimum absolute atomic E-state index is 0.0474. The van der Waals surface area contributed by atoms with Crippen molar-refractivity contribution in [3.05, 3.63) is 65.4 Å². The predicted octanol–water partition coefficient (Wildman–Crippen LogP) is 6.16. The third kappa shape index (κ3) is 5.18. The molecule has 4 fully saturated rings. The molecule has 1 aromatic heterocycles. The molecule has 39 heavy (non-hydrogen) atoms. The molecule has 7 heteroatoms. The van der Waals surface area contributed by atoms with Gasteiger partial charge in [0, 0.05) is 31.5 Å². The number of carbonyl (C=O) groups excluding carboxylic acids is 1. The Morgan fingerprint density at radius 1 is 1.13 bits per heavy atom. The highest BCUT2D eigenvalue weighted by atomic mass is 16.5. The number of rotatable bonds is 7. The third-order valence-electron chi connectivity index (χ3n) is 10.1. The van der Waals surface area contributed by atoms with Gasteiger partial charge in [-0.3, -0.25) is 9.69 Å². The summed E-state index contributed by atoms with van der Waals surface area (Å²) in [6.45, 7) is 3.68. The molecule has 3 heterocycles. The SMILES string of the molecule is CC(C1=COC=C(CC2=CC=CCC2)O1)N1CCc2c(ncnc2NC(=O)CC23CC4CC(CC(C4)C2)C3)C1. The highest BCUT2D eigenvalue weighted by Crippen LogP contribution is 2.61. The molecule has 206 valence electrons. The maximum Gasteiger partial charge on any atom is 0.226 e. The topological polar surface area (TPSA) is 76.6 Å². The van der Waals surface area contributed by atoms with E-state index < -0.39 is 0 Å². The van der Waals surface area contributed by atoms with Crippen LogP contribution in [0.5, 0.6) is 0 Å². The first-order valence-corrected chi connectivity index (χ1v) is 15.0. The molecule has 5 aliphatic carbocycles. The lowest BCUT2D eigenvalue weighted by Crippen LogP contribution is -2.47. The predicted molar refractivity (Wildman–Crippen MR) is 149 cm³/mol. The van der Waals surface area contributed by atoms with E-state index in [-0.39, 0.29) is 17.4 Å². The highest BCUT2D eigenvalue weighted by Gasteiger charge is 2.51. The van der Waals surface area contributed by atoms with Gasteiger partial charge < -0.3 is 14.8 Å². The van der Waals surface area contributed by atoms with Crippen molar-refractivity contribution in [3.63, 3.8) is 0 Å². The number of nitrogens with one attached hydrogen (secondary N) is 1. The van der Waals surface area contributed by atoms with Gasteiger partial charge in [-0.1, -0.05) is 23.8 Å². The van der Waals surface area contributed by atoms with Crippen molar-refractivity contribution < 1.29 is 14.3 Å². The molecule has 7 nitrogen and oxygen atoms in total. The summed E-state index contributed by atoms with van der Waals surface area (Å²) in [5, 5.41) is 3.21. The van der Waals surface area contributed by atoms with Crippen LogP contribution in [0.2, 0.25) is 0 Å². The number of nitrogens with zero attached hydrogens (tertiary/aromatic N) is 3. The van der Waals surface area contributed by atoms with E-state index in [4.69, 9.17) is 9.47 Å². The highest BCUT2D eigenvalue weighted by molar-refractivity contribution is 5.91. The molecule has 0 spiro atoms. The average molecular weight is 529 g/mol. The van der Waals surface area contributed by atoms with Crippen LogP contribution < -0.4 is 5.32 Å². The zero-order chi connectivity index (χ0) is 26.4. The van der Waals surface area contributed by atoms with E-state index >= 15 is 0 Å². The molecule has 1 aromatic rings. The molecule has 1 amide bonds. The van der Waals surface area contributed by atoms with Crippen molar-refractivity contribution in [3.8, 4) is 0 Å². The summed E-state index contributed by atoms with van der Waals surface area (Å²) in [6.07, 6.45) is 23.8. The van der Waals surface area contributed by atoms with E-state index in [1.807, 2.05) is 0 Å². The molecule has 8 rings (SSSR count). The first-order chi connectivity index (χ1) is 19.0. The molecule has 0 saturated heterocycles. The number of hydrogen-bond donors (Lipinski definition) is 1. The lowest BCUT2D eigenvalue weighted by Gasteiger charge is -2.56. The van der Waals surface area contributed by atoms with Gasteiger partial charge in [0.05, 0.1) is 11.7 Å². The molecule has 7 aliphatic rings. The van der Waals surface area contributed by atoms with E-state index in [9.17, 15) is 4.79 Å². The van der Waals surface area contributed by atoms with E-state index in [2.05, 4.69) is 45.3 Å². The van der Waals surface area contributed by atoms with Gasteiger partial charge in [0.25, 0.3) is 0 Å². The normalized spacial score (nSPS) is 31.8. The Labute approximate surface area is 231 Å². The number of anilines is 1. The van der Waals surface area contributed by atoms with Crippen molar-refractivity contribution in [2.75, 3.05) is 11.9 Å². The molecule has 2 aliphatic heterocycles. The monoisotopic (exact) mass is 528 g/mol. The van der Waals surface area contributed by atoms with Gasteiger partial charge in [-0.15, -0.1) is 0 Å². The van der Waals surface area contributed by atoms with Crippen LogP contribution in [0.15, 0.2) is 54.2 Å². The molecule has 0 radical (unpaired) electrons. The second-order valence-electron chi connectivity index (χ2n) is 13.0. The third-order valence-corrected chi connectivity index (χ3v) is 10.1. The van der Waals surface area contributed by atoms with Crippen LogP contribution in [-0.2, 0) is 27.2 Å². The molecule has 4 saturated carbocycles. The number of aromatic nitrogens is 2. The first kappa shape index (κ1) is 25.1. The number of hydrogen-bond acceptors (Lipinski definition) is 6. The maximum absolute atomic E-state index is 13.3. The number of allylic oxidation sites excluding steroid dienone is 4. The molecular formula is C32H40N4O3. The van der Waals surface area contributed by atoms with Gasteiger partial charge in [0.1, 0.15) is 30.4 Å². The van der Waals surface area contributed by atoms with Crippen molar-refractivity contribution in [2.45, 2.75) is 90.1 Å². The van der Waals surface area contributed by atoms with Crippen LogP contribution in [0.3, 0.4) is 0 Å². The second kappa shape index (κ2) is 10.2. The summed E-state index contributed by atoms with van der Waals surface area (Å²) in [4.78, 5) is 24.8. The molecule has 4 bridgehead atoms. The fraction of sp³-hybridized carbons (Fsp3) is 0.594. The van der Waals surface area contributed by atoms with Crippen LogP contribution in [0.4, 0.5) is 5.82 Å². The van der Waals surface area contributed by atoms with Gasteiger partial charge in [-0.2, -0.15) is 0 Å². The molecule has 0 aromatic carbocycles. The van der Waals surface area contributed by atoms with Gasteiger partial charge in [0.15, 0.2) is 5.76 Å². The lowest BCUT2D eigenvalue weighted by molar-refractivity contribution is -0.124. The maximum atomic E-state index is 13.3. The van der Waals surface area contributed by atoms with Gasteiger partial charge in [-0.25, -0.2) is 9.97 Å². The number of ether oxygens (including phenoxy) is 2. The standard InChI is InChI=1S/C32H40N4O3/c1-21(29-19-38-18-26(39-29)12-22-5-3-2-4-6-22)36-8-7-27-28(17-36)33-20-34-31(27)35-30(37)16-32-13-23-9-24(14-32)11-25(10-23)15-32/h2-3,5,18-21,23-25H,4,6-17H2,1H3,(H,33,34,35,37). The van der Waals surface area contributed by atoms with Crippen molar-refractivity contribution in [1.29, 1.82) is 0 Å². The van der Waals surface area contributed by atoms with Crippen molar-refractivity contribution in [2.24, 2.45) is 23.2 Å². The lowest BCUT2D eigenvalue weighted by atomic mass is 9.49. The average Bonchev–Trinajstić information content (AvgIpc) is 2.92. The summed E-state index contributed by atoms with van der Waals surface area (Å²) >= 11 is 0. The summed E-state index contributed by atoms with van der Waals surface area (Å²) < 4.78 is 12.0. The first-order valence-electron chi connectivity index (χ1n) is 15.0. The van der Waals surface area contributed by atoms with Gasteiger partial charge in [-0.05, 0) is 87.9 Å². The Kier molecular flexibility index (Phi) is 6.58. The summed E-state index contributed by atoms with van der Waals surface area (Å²) in [7, 11) is 0. The fourth-order valence-electron chi connectivity index (χ4n) is 8.68. The second-order valence-corrected chi connectivity index (χ2v) is 13.0. The van der Waals surface area contributed by atoms with Crippen molar-refractivity contribution >= 4 is 11.7 Å². The van der Waals surface area contributed by atoms with Crippen LogP contribution in [0, 0.1) is 23.2 Å². The Morgan fingerprint density at radius 2 is 1.92 bits per heavy atom. The Hall–Kier alpha value is -2.93. The number of carbonyl (C=O) groups is 1. The molecule has 1 N–H and O–H groups in total. The fourth-order valence-corrected chi connectivity index (χ4v) is 8.68. The number of amides is 1. The van der Waals surface area contributed by atoms with Crippen LogP contribution in [0.1, 0.15) is 82.4 Å². The van der Waals surface area contributed by atoms with Crippen molar-refractivity contribution in [1.82, 2.24) is 14.9 Å². The van der Waals surface area contributed by atoms with E-state index in [0.717, 1.165) is 72.8 Å². The molecular weight excluding hydrogens is 488 g/mol. The van der Waals surface area contributed by atoms with Crippen LogP contribution in [0.25, 0.3) is 0 Å². The quantitative estimate of drug-likeness (QED) is 0.457. The van der Waals surface area contributed by atoms with E-state index in [1.54, 1.807) is 18.9 Å². The van der Waals surface area contributed by atoms with E-state index in [1.165, 1.54) is 44.1 Å². The van der Waals surface area contributed by atoms with Crippen LogP contribution >= 0.6 is 0 Å². The summed E-state index contributed by atoms with van der Waals surface area (Å²) in [5.41, 5.74) is 3.65. The number of fused-ring (bicyclic) bond motifs is 1. The Bertz CT molecular complexity index is 1230. The zero-order valence-corrected chi connectivity index (χ0v) is 23.0. The van der Waals surface area contributed by atoms with Gasteiger partial charge in [0.2, 0.25) is 5.91 Å².